The second-order valence-corrected chi connectivity index (χ2v) is 7.74. The molecule has 0 bridgehead atoms. The molecule has 2 amide bonds. The predicted octanol–water partition coefficient (Wildman–Crippen LogP) is 1.58. The van der Waals surface area contributed by atoms with E-state index >= 15 is 0 Å². The predicted molar refractivity (Wildman–Crippen MR) is 103 cm³/mol. The maximum Gasteiger partial charge on any atom is 0.231 e. The number of piperidine rings is 2. The van der Waals surface area contributed by atoms with E-state index in [2.05, 4.69) is 15.6 Å². The van der Waals surface area contributed by atoms with E-state index in [0.29, 0.717) is 38.4 Å². The first-order valence-electron chi connectivity index (χ1n) is 9.77. The summed E-state index contributed by atoms with van der Waals surface area (Å²) >= 11 is 0. The quantitative estimate of drug-likeness (QED) is 0.818. The van der Waals surface area contributed by atoms with Crippen molar-refractivity contribution in [3.63, 3.8) is 0 Å². The van der Waals surface area contributed by atoms with E-state index in [4.69, 9.17) is 4.74 Å². The molecule has 2 fully saturated rings. The Hall–Kier alpha value is -1.99. The first-order chi connectivity index (χ1) is 13.0. The van der Waals surface area contributed by atoms with Gasteiger partial charge in [-0.05, 0) is 57.3 Å². The fourth-order valence-electron chi connectivity index (χ4n) is 4.05. The summed E-state index contributed by atoms with van der Waals surface area (Å²) < 4.78 is 5.38. The summed E-state index contributed by atoms with van der Waals surface area (Å²) in [4.78, 5) is 31.8. The number of hydrogen-bond donors (Lipinski definition) is 2. The average Bonchev–Trinajstić information content (AvgIpc) is 2.70. The second kappa shape index (κ2) is 8.80. The minimum Gasteiger partial charge on any atom is -0.384 e. The van der Waals surface area contributed by atoms with Gasteiger partial charge in [-0.3, -0.25) is 9.59 Å². The number of pyridine rings is 1. The Balaban J connectivity index is 1.55. The zero-order valence-electron chi connectivity index (χ0n) is 16.3. The number of carbonyl (C=O) groups is 2. The van der Waals surface area contributed by atoms with Gasteiger partial charge in [-0.15, -0.1) is 0 Å². The van der Waals surface area contributed by atoms with Crippen LogP contribution in [0, 0.1) is 18.3 Å². The van der Waals surface area contributed by atoms with E-state index in [1.165, 1.54) is 0 Å². The van der Waals surface area contributed by atoms with Crippen LogP contribution in [-0.2, 0) is 14.3 Å². The molecule has 3 rings (SSSR count). The fraction of sp³-hybridized carbons (Fsp3) is 0.650. The number of amides is 2. The summed E-state index contributed by atoms with van der Waals surface area (Å²) in [5.41, 5.74) is 0.642. The lowest BCUT2D eigenvalue weighted by Gasteiger charge is -2.41. The highest BCUT2D eigenvalue weighted by Crippen LogP contribution is 2.33. The van der Waals surface area contributed by atoms with Crippen LogP contribution in [-0.4, -0.2) is 61.6 Å². The van der Waals surface area contributed by atoms with Gasteiger partial charge < -0.3 is 20.3 Å². The van der Waals surface area contributed by atoms with Crippen LogP contribution in [0.15, 0.2) is 18.3 Å². The van der Waals surface area contributed by atoms with Crippen molar-refractivity contribution < 1.29 is 14.3 Å². The summed E-state index contributed by atoms with van der Waals surface area (Å²) in [5.74, 6) is 0.679. The summed E-state index contributed by atoms with van der Waals surface area (Å²) in [7, 11) is 1.66. The summed E-state index contributed by atoms with van der Waals surface area (Å²) in [6.45, 7) is 5.36. The third kappa shape index (κ3) is 4.65. The Kier molecular flexibility index (Phi) is 6.44. The largest absolute Gasteiger partial charge is 0.384 e. The third-order valence-electron chi connectivity index (χ3n) is 5.75. The summed E-state index contributed by atoms with van der Waals surface area (Å²) in [5, 5.41) is 6.21. The zero-order chi connectivity index (χ0) is 19.3. The molecule has 27 heavy (non-hydrogen) atoms. The number of hydrogen-bond acceptors (Lipinski definition) is 5. The SMILES string of the molecule is COCC1(C(=O)N2CCC(C(=O)Nc3ccc(C)cn3)CC2)CCNCC1. The highest BCUT2D eigenvalue weighted by atomic mass is 16.5. The molecule has 2 aliphatic heterocycles. The lowest BCUT2D eigenvalue weighted by Crippen LogP contribution is -2.53. The van der Waals surface area contributed by atoms with Crippen molar-refractivity contribution in [3.05, 3.63) is 23.9 Å². The number of aryl methyl sites for hydroxylation is 1. The van der Waals surface area contributed by atoms with Gasteiger partial charge in [0.1, 0.15) is 5.82 Å². The molecule has 0 unspecified atom stereocenters. The Labute approximate surface area is 160 Å². The van der Waals surface area contributed by atoms with Crippen LogP contribution >= 0.6 is 0 Å². The van der Waals surface area contributed by atoms with Gasteiger partial charge in [0.25, 0.3) is 0 Å². The van der Waals surface area contributed by atoms with Crippen LogP contribution in [0.1, 0.15) is 31.2 Å². The Morgan fingerprint density at radius 2 is 2.00 bits per heavy atom. The molecule has 0 spiro atoms. The minimum atomic E-state index is -0.416. The molecule has 2 saturated heterocycles. The molecule has 7 heteroatoms. The summed E-state index contributed by atoms with van der Waals surface area (Å²) in [6.07, 6.45) is 4.72. The van der Waals surface area contributed by atoms with Crippen molar-refractivity contribution in [3.8, 4) is 0 Å². The molecule has 0 atom stereocenters. The number of ether oxygens (including phenoxy) is 1. The van der Waals surface area contributed by atoms with Crippen molar-refractivity contribution in [2.45, 2.75) is 32.6 Å². The number of rotatable bonds is 5. The van der Waals surface area contributed by atoms with E-state index < -0.39 is 5.41 Å². The van der Waals surface area contributed by atoms with Gasteiger partial charge in [0, 0.05) is 32.3 Å². The number of anilines is 1. The van der Waals surface area contributed by atoms with E-state index in [0.717, 1.165) is 31.5 Å². The molecule has 3 heterocycles. The average molecular weight is 374 g/mol. The van der Waals surface area contributed by atoms with Crippen molar-refractivity contribution in [1.29, 1.82) is 0 Å². The fourth-order valence-corrected chi connectivity index (χ4v) is 4.05. The van der Waals surface area contributed by atoms with Crippen LogP contribution in [0.3, 0.4) is 0 Å². The zero-order valence-corrected chi connectivity index (χ0v) is 16.3. The standard InChI is InChI=1S/C20H30N4O3/c1-15-3-4-17(22-13-15)23-18(25)16-5-11-24(12-6-16)19(26)20(14-27-2)7-9-21-10-8-20/h3-4,13,16,21H,5-12,14H2,1-2H3,(H,22,23,25). The van der Waals surface area contributed by atoms with Gasteiger partial charge in [-0.2, -0.15) is 0 Å². The Bertz CT molecular complexity index is 642. The smallest absolute Gasteiger partial charge is 0.231 e. The summed E-state index contributed by atoms with van der Waals surface area (Å²) in [6, 6.07) is 3.75. The lowest BCUT2D eigenvalue weighted by atomic mass is 9.77. The molecule has 0 aromatic carbocycles. The lowest BCUT2D eigenvalue weighted by molar-refractivity contribution is -0.149. The van der Waals surface area contributed by atoms with Gasteiger partial charge in [0.2, 0.25) is 11.8 Å². The molecular weight excluding hydrogens is 344 g/mol. The van der Waals surface area contributed by atoms with E-state index in [-0.39, 0.29) is 17.7 Å². The van der Waals surface area contributed by atoms with Crippen LogP contribution in [0.25, 0.3) is 0 Å². The highest BCUT2D eigenvalue weighted by Gasteiger charge is 2.43. The normalized spacial score (nSPS) is 20.3. The topological polar surface area (TPSA) is 83.6 Å². The van der Waals surface area contributed by atoms with Gasteiger partial charge >= 0.3 is 0 Å². The van der Waals surface area contributed by atoms with Crippen LogP contribution in [0.4, 0.5) is 5.82 Å². The monoisotopic (exact) mass is 374 g/mol. The molecule has 7 nitrogen and oxygen atoms in total. The van der Waals surface area contributed by atoms with Crippen LogP contribution in [0.5, 0.6) is 0 Å². The van der Waals surface area contributed by atoms with Crippen molar-refractivity contribution in [1.82, 2.24) is 15.2 Å². The number of aromatic nitrogens is 1. The molecule has 1 aromatic rings. The van der Waals surface area contributed by atoms with E-state index in [1.54, 1.807) is 13.3 Å². The van der Waals surface area contributed by atoms with Crippen LogP contribution in [0.2, 0.25) is 0 Å². The molecule has 2 aliphatic rings. The molecule has 0 aliphatic carbocycles. The number of carbonyl (C=O) groups excluding carboxylic acids is 2. The maximum atomic E-state index is 13.2. The van der Waals surface area contributed by atoms with Gasteiger partial charge in [-0.1, -0.05) is 6.07 Å². The number of methoxy groups -OCH3 is 1. The van der Waals surface area contributed by atoms with E-state index in [9.17, 15) is 9.59 Å². The maximum absolute atomic E-state index is 13.2. The highest BCUT2D eigenvalue weighted by molar-refractivity contribution is 5.92. The van der Waals surface area contributed by atoms with Gasteiger partial charge in [0.15, 0.2) is 0 Å². The minimum absolute atomic E-state index is 0.00748. The van der Waals surface area contributed by atoms with Crippen LogP contribution < -0.4 is 10.6 Å². The molecule has 0 radical (unpaired) electrons. The van der Waals surface area contributed by atoms with Gasteiger partial charge in [0.05, 0.1) is 12.0 Å². The van der Waals surface area contributed by atoms with Crippen molar-refractivity contribution in [2.24, 2.45) is 11.3 Å². The van der Waals surface area contributed by atoms with E-state index in [1.807, 2.05) is 24.0 Å². The number of likely N-dealkylation sites (tertiary alicyclic amines) is 1. The Morgan fingerprint density at radius 1 is 1.30 bits per heavy atom. The molecule has 2 N–H and O–H groups in total. The van der Waals surface area contributed by atoms with Crippen molar-refractivity contribution >= 4 is 17.6 Å². The van der Waals surface area contributed by atoms with Crippen molar-refractivity contribution in [2.75, 3.05) is 45.2 Å². The number of nitrogens with one attached hydrogen (secondary N) is 2. The third-order valence-corrected chi connectivity index (χ3v) is 5.75. The molecule has 148 valence electrons. The molecule has 1 aromatic heterocycles. The second-order valence-electron chi connectivity index (χ2n) is 7.74. The Morgan fingerprint density at radius 3 is 2.59 bits per heavy atom. The first kappa shape index (κ1) is 19.8. The number of nitrogens with zero attached hydrogens (tertiary/aromatic N) is 2. The first-order valence-corrected chi connectivity index (χ1v) is 9.77. The molecular formula is C20H30N4O3. The molecule has 0 saturated carbocycles. The van der Waals surface area contributed by atoms with Gasteiger partial charge in [-0.25, -0.2) is 4.98 Å².